The van der Waals surface area contributed by atoms with Gasteiger partial charge in [0.15, 0.2) is 0 Å². The lowest BCUT2D eigenvalue weighted by atomic mass is 10.1. The maximum Gasteiger partial charge on any atom is 0.264 e. The number of hydrogen-bond donors (Lipinski definition) is 1. The molecule has 2 amide bonds. The number of amides is 2. The number of sulfonamides is 1. The third-order valence-corrected chi connectivity index (χ3v) is 8.03. The number of nitrogens with zero attached hydrogens (tertiary/aromatic N) is 2. The minimum absolute atomic E-state index is 0.00182. The third-order valence-electron chi connectivity index (χ3n) is 5.95. The highest BCUT2D eigenvalue weighted by molar-refractivity contribution is 7.92. The van der Waals surface area contributed by atoms with Gasteiger partial charge in [0.2, 0.25) is 11.8 Å². The second-order valence-corrected chi connectivity index (χ2v) is 12.5. The quantitative estimate of drug-likeness (QED) is 0.358. The van der Waals surface area contributed by atoms with Crippen LogP contribution in [0.25, 0.3) is 0 Å². The van der Waals surface area contributed by atoms with Crippen molar-refractivity contribution in [3.8, 4) is 5.75 Å². The molecule has 214 valence electrons. The summed E-state index contributed by atoms with van der Waals surface area (Å²) >= 11 is 5.99. The second-order valence-electron chi connectivity index (χ2n) is 10.2. The first kappa shape index (κ1) is 30.9. The Bertz CT molecular complexity index is 1460. The van der Waals surface area contributed by atoms with E-state index in [1.807, 2.05) is 20.8 Å². The van der Waals surface area contributed by atoms with Gasteiger partial charge >= 0.3 is 0 Å². The van der Waals surface area contributed by atoms with E-state index in [9.17, 15) is 22.4 Å². The summed E-state index contributed by atoms with van der Waals surface area (Å²) in [6, 6.07) is 17.0. The van der Waals surface area contributed by atoms with Crippen LogP contribution < -0.4 is 14.4 Å². The molecule has 0 fully saturated rings. The SMILES string of the molecule is COc1cccc(CN(C(=O)CN(c2ccc(F)c(Cl)c2)S(=O)(=O)c2ccccc2)[C@@H](C)C(=O)NC(C)(C)C)c1. The summed E-state index contributed by atoms with van der Waals surface area (Å²) in [5, 5.41) is 2.57. The van der Waals surface area contributed by atoms with Gasteiger partial charge in [0.1, 0.15) is 24.2 Å². The summed E-state index contributed by atoms with van der Waals surface area (Å²) in [5.41, 5.74) is 0.103. The summed E-state index contributed by atoms with van der Waals surface area (Å²) in [4.78, 5) is 28.3. The van der Waals surface area contributed by atoms with Crippen LogP contribution in [0.2, 0.25) is 5.02 Å². The van der Waals surface area contributed by atoms with Crippen LogP contribution in [0.15, 0.2) is 77.7 Å². The van der Waals surface area contributed by atoms with Gasteiger partial charge < -0.3 is 15.0 Å². The molecule has 0 unspecified atom stereocenters. The molecule has 0 radical (unpaired) electrons. The Balaban J connectivity index is 2.06. The standard InChI is InChI=1S/C29H33ClFN3O5S/c1-20(28(36)32-29(2,3)4)33(18-21-10-9-11-23(16-21)39-5)27(35)19-34(22-14-15-26(31)25(30)17-22)40(37,38)24-12-7-6-8-13-24/h6-17,20H,18-19H2,1-5H3,(H,32,36)/t20-/m0/s1. The van der Waals surface area contributed by atoms with E-state index >= 15 is 0 Å². The molecule has 0 heterocycles. The van der Waals surface area contributed by atoms with Gasteiger partial charge in [0.25, 0.3) is 10.0 Å². The lowest BCUT2D eigenvalue weighted by molar-refractivity contribution is -0.140. The average molecular weight is 590 g/mol. The highest BCUT2D eigenvalue weighted by atomic mass is 35.5. The van der Waals surface area contributed by atoms with Gasteiger partial charge in [0, 0.05) is 12.1 Å². The molecule has 0 bridgehead atoms. The van der Waals surface area contributed by atoms with Crippen LogP contribution in [0.1, 0.15) is 33.3 Å². The molecule has 3 aromatic rings. The van der Waals surface area contributed by atoms with Crippen LogP contribution in [0.5, 0.6) is 5.75 Å². The van der Waals surface area contributed by atoms with Gasteiger partial charge in [-0.1, -0.05) is 41.9 Å². The van der Waals surface area contributed by atoms with E-state index in [2.05, 4.69) is 5.32 Å². The smallest absolute Gasteiger partial charge is 0.264 e. The van der Waals surface area contributed by atoms with E-state index in [1.165, 1.54) is 30.2 Å². The van der Waals surface area contributed by atoms with Gasteiger partial charge in [-0.05, 0) is 75.7 Å². The topological polar surface area (TPSA) is 96.0 Å². The Hall–Kier alpha value is -3.63. The zero-order valence-corrected chi connectivity index (χ0v) is 24.6. The van der Waals surface area contributed by atoms with Gasteiger partial charge in [-0.15, -0.1) is 0 Å². The maximum absolute atomic E-state index is 14.0. The first-order chi connectivity index (χ1) is 18.7. The maximum atomic E-state index is 14.0. The van der Waals surface area contributed by atoms with Crippen molar-refractivity contribution < 1.29 is 27.1 Å². The molecule has 0 saturated heterocycles. The van der Waals surface area contributed by atoms with Gasteiger partial charge in [0.05, 0.1) is 22.7 Å². The first-order valence-electron chi connectivity index (χ1n) is 12.5. The average Bonchev–Trinajstić information content (AvgIpc) is 2.91. The summed E-state index contributed by atoms with van der Waals surface area (Å²) < 4.78 is 47.6. The molecule has 0 spiro atoms. The van der Waals surface area contributed by atoms with Crippen LogP contribution in [-0.2, 0) is 26.2 Å². The highest BCUT2D eigenvalue weighted by Crippen LogP contribution is 2.28. The minimum Gasteiger partial charge on any atom is -0.497 e. The largest absolute Gasteiger partial charge is 0.497 e. The van der Waals surface area contributed by atoms with E-state index in [4.69, 9.17) is 16.3 Å². The molecular formula is C29H33ClFN3O5S. The fourth-order valence-electron chi connectivity index (χ4n) is 3.91. The Morgan fingerprint density at radius 2 is 1.70 bits per heavy atom. The summed E-state index contributed by atoms with van der Waals surface area (Å²) in [6.45, 7) is 6.35. The Morgan fingerprint density at radius 3 is 2.30 bits per heavy atom. The zero-order valence-electron chi connectivity index (χ0n) is 23.0. The predicted molar refractivity (Wildman–Crippen MR) is 153 cm³/mol. The number of benzene rings is 3. The molecule has 0 aliphatic carbocycles. The lowest BCUT2D eigenvalue weighted by Crippen LogP contribution is -2.54. The van der Waals surface area contributed by atoms with Gasteiger partial charge in [-0.2, -0.15) is 0 Å². The number of ether oxygens (including phenoxy) is 1. The molecule has 0 aliphatic heterocycles. The Labute approximate surface area is 239 Å². The van der Waals surface area contributed by atoms with Crippen molar-refractivity contribution in [2.75, 3.05) is 18.0 Å². The molecule has 1 atom stereocenters. The van der Waals surface area contributed by atoms with Crippen LogP contribution >= 0.6 is 11.6 Å². The van der Waals surface area contributed by atoms with Crippen LogP contribution in [0.4, 0.5) is 10.1 Å². The van der Waals surface area contributed by atoms with Crippen LogP contribution in [0.3, 0.4) is 0 Å². The van der Waals surface area contributed by atoms with Crippen molar-refractivity contribution in [3.05, 3.63) is 89.2 Å². The van der Waals surface area contributed by atoms with Crippen molar-refractivity contribution in [1.29, 1.82) is 0 Å². The zero-order chi connectivity index (χ0) is 29.7. The van der Waals surface area contributed by atoms with Crippen molar-refractivity contribution in [2.24, 2.45) is 0 Å². The number of nitrogens with one attached hydrogen (secondary N) is 1. The molecule has 11 heteroatoms. The normalized spacial score (nSPS) is 12.4. The number of carbonyl (C=O) groups is 2. The first-order valence-corrected chi connectivity index (χ1v) is 14.3. The number of methoxy groups -OCH3 is 1. The number of hydrogen-bond acceptors (Lipinski definition) is 5. The van der Waals surface area contributed by atoms with E-state index in [0.717, 1.165) is 16.4 Å². The number of rotatable bonds is 10. The fraction of sp³-hybridized carbons (Fsp3) is 0.310. The van der Waals surface area contributed by atoms with Gasteiger partial charge in [-0.25, -0.2) is 12.8 Å². The molecule has 0 saturated carbocycles. The van der Waals surface area contributed by atoms with Crippen LogP contribution in [-0.4, -0.2) is 50.4 Å². The van der Waals surface area contributed by atoms with Crippen molar-refractivity contribution in [3.63, 3.8) is 0 Å². The van der Waals surface area contributed by atoms with E-state index < -0.39 is 45.8 Å². The number of anilines is 1. The molecule has 0 aromatic heterocycles. The monoisotopic (exact) mass is 589 g/mol. The van der Waals surface area contributed by atoms with Gasteiger partial charge in [-0.3, -0.25) is 13.9 Å². The van der Waals surface area contributed by atoms with E-state index in [1.54, 1.807) is 49.4 Å². The lowest BCUT2D eigenvalue weighted by Gasteiger charge is -2.33. The Kier molecular flexibility index (Phi) is 9.81. The third kappa shape index (κ3) is 7.73. The number of carbonyl (C=O) groups excluding carboxylic acids is 2. The fourth-order valence-corrected chi connectivity index (χ4v) is 5.51. The Morgan fingerprint density at radius 1 is 1.02 bits per heavy atom. The molecule has 3 aromatic carbocycles. The number of halogens is 2. The van der Waals surface area contributed by atoms with Crippen molar-refractivity contribution in [2.45, 2.75) is 50.7 Å². The molecule has 1 N–H and O–H groups in total. The molecule has 3 rings (SSSR count). The second kappa shape index (κ2) is 12.7. The summed E-state index contributed by atoms with van der Waals surface area (Å²) in [7, 11) is -2.77. The molecule has 0 aliphatic rings. The van der Waals surface area contributed by atoms with E-state index in [-0.39, 0.29) is 22.2 Å². The summed E-state index contributed by atoms with van der Waals surface area (Å²) in [6.07, 6.45) is 0. The highest BCUT2D eigenvalue weighted by Gasteiger charge is 2.33. The molecular weight excluding hydrogens is 557 g/mol. The summed E-state index contributed by atoms with van der Waals surface area (Å²) in [5.74, 6) is -1.24. The minimum atomic E-state index is -4.29. The van der Waals surface area contributed by atoms with Crippen molar-refractivity contribution in [1.82, 2.24) is 10.2 Å². The van der Waals surface area contributed by atoms with Crippen LogP contribution in [0, 0.1) is 5.82 Å². The van der Waals surface area contributed by atoms with E-state index in [0.29, 0.717) is 11.3 Å². The molecule has 40 heavy (non-hydrogen) atoms. The molecule has 8 nitrogen and oxygen atoms in total. The predicted octanol–water partition coefficient (Wildman–Crippen LogP) is 5.02. The van der Waals surface area contributed by atoms with Crippen molar-refractivity contribution >= 4 is 39.1 Å².